The molecule has 2 aromatic carbocycles. The Morgan fingerprint density at radius 2 is 1.85 bits per heavy atom. The summed E-state index contributed by atoms with van der Waals surface area (Å²) in [5.41, 5.74) is 0.709. The molecule has 3 rings (SSSR count). The van der Waals surface area contributed by atoms with E-state index in [1.54, 1.807) is 43.4 Å². The van der Waals surface area contributed by atoms with Crippen LogP contribution in [0.1, 0.15) is 10.4 Å². The van der Waals surface area contributed by atoms with Crippen molar-refractivity contribution in [3.05, 3.63) is 75.6 Å². The van der Waals surface area contributed by atoms with Gasteiger partial charge in [0.05, 0.1) is 15.7 Å². The molecule has 0 bridgehead atoms. The number of benzene rings is 2. The molecule has 0 fully saturated rings. The lowest BCUT2D eigenvalue weighted by Gasteiger charge is -2.19. The van der Waals surface area contributed by atoms with Gasteiger partial charge < -0.3 is 9.64 Å². The minimum atomic E-state index is -0.383. The summed E-state index contributed by atoms with van der Waals surface area (Å²) in [6.45, 7) is 0. The topological polar surface area (TPSA) is 55.3 Å². The second-order valence-corrected chi connectivity index (χ2v) is 6.48. The second kappa shape index (κ2) is 7.91. The zero-order chi connectivity index (χ0) is 18.7. The van der Waals surface area contributed by atoms with Crippen LogP contribution in [0.3, 0.4) is 0 Å². The Morgan fingerprint density at radius 1 is 1.08 bits per heavy atom. The molecule has 0 aliphatic heterocycles. The van der Waals surface area contributed by atoms with Crippen LogP contribution in [0.15, 0.2) is 55.0 Å². The van der Waals surface area contributed by atoms with Gasteiger partial charge in [0.25, 0.3) is 5.91 Å². The van der Waals surface area contributed by atoms with Gasteiger partial charge in [-0.15, -0.1) is 0 Å². The van der Waals surface area contributed by atoms with Crippen LogP contribution in [0.4, 0.5) is 5.69 Å². The van der Waals surface area contributed by atoms with Crippen LogP contribution in [0.25, 0.3) is 0 Å². The number of hydrogen-bond donors (Lipinski definition) is 0. The van der Waals surface area contributed by atoms with Gasteiger partial charge >= 0.3 is 0 Å². The number of rotatable bonds is 4. The third-order valence-electron chi connectivity index (χ3n) is 3.52. The summed E-state index contributed by atoms with van der Waals surface area (Å²) in [6, 6.07) is 11.8. The number of amides is 1. The molecule has 0 N–H and O–H groups in total. The Balaban J connectivity index is 1.95. The summed E-state index contributed by atoms with van der Waals surface area (Å²) >= 11 is 18.3. The van der Waals surface area contributed by atoms with Gasteiger partial charge in [-0.25, -0.2) is 9.97 Å². The SMILES string of the molecule is CN(C(=O)c1cncnc1Oc1cc(Cl)ccc1Cl)c1ccccc1Cl. The van der Waals surface area contributed by atoms with Gasteiger partial charge in [0.1, 0.15) is 17.6 Å². The lowest BCUT2D eigenvalue weighted by molar-refractivity contribution is 0.0989. The molecule has 8 heteroatoms. The van der Waals surface area contributed by atoms with Crippen molar-refractivity contribution in [1.82, 2.24) is 9.97 Å². The third-order valence-corrected chi connectivity index (χ3v) is 4.39. The highest BCUT2D eigenvalue weighted by Crippen LogP contribution is 2.33. The number of nitrogens with zero attached hydrogens (tertiary/aromatic N) is 3. The maximum atomic E-state index is 12.9. The van der Waals surface area contributed by atoms with E-state index in [4.69, 9.17) is 39.5 Å². The first-order chi connectivity index (χ1) is 12.5. The number of carbonyl (C=O) groups is 1. The number of para-hydroxylation sites is 1. The number of carbonyl (C=O) groups excluding carboxylic acids is 1. The predicted octanol–water partition coefficient (Wildman–Crippen LogP) is 5.51. The molecule has 3 aromatic rings. The van der Waals surface area contributed by atoms with E-state index in [0.29, 0.717) is 20.8 Å². The first kappa shape index (κ1) is 18.5. The molecule has 0 aliphatic carbocycles. The van der Waals surface area contributed by atoms with Crippen LogP contribution in [-0.2, 0) is 0 Å². The molecule has 26 heavy (non-hydrogen) atoms. The van der Waals surface area contributed by atoms with Crippen molar-refractivity contribution in [3.63, 3.8) is 0 Å². The average Bonchev–Trinajstić information content (AvgIpc) is 2.64. The maximum absolute atomic E-state index is 12.9. The molecule has 132 valence electrons. The fraction of sp³-hybridized carbons (Fsp3) is 0.0556. The van der Waals surface area contributed by atoms with Crippen LogP contribution in [-0.4, -0.2) is 22.9 Å². The van der Waals surface area contributed by atoms with E-state index in [9.17, 15) is 4.79 Å². The van der Waals surface area contributed by atoms with Crippen LogP contribution in [0, 0.1) is 0 Å². The second-order valence-electron chi connectivity index (χ2n) is 5.23. The normalized spacial score (nSPS) is 10.5. The summed E-state index contributed by atoms with van der Waals surface area (Å²) in [6.07, 6.45) is 2.65. The Bertz CT molecular complexity index is 966. The van der Waals surface area contributed by atoms with Gasteiger partial charge in [-0.1, -0.05) is 46.9 Å². The molecule has 0 saturated heterocycles. The molecular formula is C18H12Cl3N3O2. The number of halogens is 3. The van der Waals surface area contributed by atoms with Gasteiger partial charge in [-0.3, -0.25) is 4.79 Å². The zero-order valence-corrected chi connectivity index (χ0v) is 15.8. The molecule has 0 radical (unpaired) electrons. The van der Waals surface area contributed by atoms with Crippen molar-refractivity contribution in [2.75, 3.05) is 11.9 Å². The molecule has 5 nitrogen and oxygen atoms in total. The highest BCUT2D eigenvalue weighted by atomic mass is 35.5. The zero-order valence-electron chi connectivity index (χ0n) is 13.5. The summed E-state index contributed by atoms with van der Waals surface area (Å²) < 4.78 is 5.71. The fourth-order valence-electron chi connectivity index (χ4n) is 2.22. The minimum Gasteiger partial charge on any atom is -0.436 e. The molecule has 0 aliphatic rings. The van der Waals surface area contributed by atoms with E-state index in [1.807, 2.05) is 0 Å². The number of hydrogen-bond acceptors (Lipinski definition) is 4. The summed E-state index contributed by atoms with van der Waals surface area (Å²) in [5.74, 6) is -0.0350. The average molecular weight is 409 g/mol. The fourth-order valence-corrected chi connectivity index (χ4v) is 2.80. The molecule has 1 amide bonds. The summed E-state index contributed by atoms with van der Waals surface area (Å²) in [7, 11) is 1.60. The van der Waals surface area contributed by atoms with E-state index in [2.05, 4.69) is 9.97 Å². The lowest BCUT2D eigenvalue weighted by atomic mass is 10.2. The van der Waals surface area contributed by atoms with Gasteiger partial charge in [0, 0.05) is 24.3 Å². The smallest absolute Gasteiger partial charge is 0.265 e. The Kier molecular flexibility index (Phi) is 5.61. The Hall–Kier alpha value is -2.34. The summed E-state index contributed by atoms with van der Waals surface area (Å²) in [4.78, 5) is 22.3. The molecule has 0 atom stereocenters. The molecule has 0 saturated carbocycles. The molecule has 0 spiro atoms. The van der Waals surface area contributed by atoms with Crippen molar-refractivity contribution in [2.45, 2.75) is 0 Å². The highest BCUT2D eigenvalue weighted by molar-refractivity contribution is 6.34. The number of aromatic nitrogens is 2. The van der Waals surface area contributed by atoms with Crippen LogP contribution >= 0.6 is 34.8 Å². The largest absolute Gasteiger partial charge is 0.436 e. The van der Waals surface area contributed by atoms with Gasteiger partial charge in [-0.05, 0) is 24.3 Å². The molecule has 1 aromatic heterocycles. The monoisotopic (exact) mass is 407 g/mol. The van der Waals surface area contributed by atoms with Gasteiger partial charge in [-0.2, -0.15) is 0 Å². The maximum Gasteiger partial charge on any atom is 0.265 e. The van der Waals surface area contributed by atoms with Crippen molar-refractivity contribution in [1.29, 1.82) is 0 Å². The van der Waals surface area contributed by atoms with Crippen molar-refractivity contribution < 1.29 is 9.53 Å². The van der Waals surface area contributed by atoms with Crippen LogP contribution < -0.4 is 9.64 Å². The first-order valence-electron chi connectivity index (χ1n) is 7.43. The highest BCUT2D eigenvalue weighted by Gasteiger charge is 2.22. The van der Waals surface area contributed by atoms with E-state index >= 15 is 0 Å². The van der Waals surface area contributed by atoms with Crippen molar-refractivity contribution >= 4 is 46.4 Å². The van der Waals surface area contributed by atoms with E-state index in [1.165, 1.54) is 23.5 Å². The number of ether oxygens (including phenoxy) is 1. The first-order valence-corrected chi connectivity index (χ1v) is 8.56. The molecule has 0 unspecified atom stereocenters. The van der Waals surface area contributed by atoms with Gasteiger partial charge in [0.15, 0.2) is 0 Å². The Labute approximate surface area is 165 Å². The quantitative estimate of drug-likeness (QED) is 0.571. The van der Waals surface area contributed by atoms with E-state index in [0.717, 1.165) is 0 Å². The van der Waals surface area contributed by atoms with Gasteiger partial charge in [0.2, 0.25) is 5.88 Å². The number of anilines is 1. The minimum absolute atomic E-state index is 0.0630. The van der Waals surface area contributed by atoms with E-state index < -0.39 is 0 Å². The molecule has 1 heterocycles. The Morgan fingerprint density at radius 3 is 2.62 bits per heavy atom. The van der Waals surface area contributed by atoms with E-state index in [-0.39, 0.29) is 23.1 Å². The van der Waals surface area contributed by atoms with Crippen molar-refractivity contribution in [2.24, 2.45) is 0 Å². The van der Waals surface area contributed by atoms with Crippen LogP contribution in [0.2, 0.25) is 15.1 Å². The molecular weight excluding hydrogens is 397 g/mol. The van der Waals surface area contributed by atoms with Crippen LogP contribution in [0.5, 0.6) is 11.6 Å². The van der Waals surface area contributed by atoms with Crippen molar-refractivity contribution in [3.8, 4) is 11.6 Å². The predicted molar refractivity (Wildman–Crippen MR) is 103 cm³/mol. The lowest BCUT2D eigenvalue weighted by Crippen LogP contribution is -2.27. The standard InChI is InChI=1S/C18H12Cl3N3O2/c1-24(15-5-3-2-4-13(15)20)18(25)12-9-22-10-23-17(12)26-16-8-11(19)6-7-14(16)21/h2-10H,1H3. The summed E-state index contributed by atoms with van der Waals surface area (Å²) in [5, 5.41) is 1.23. The third kappa shape index (κ3) is 3.90.